The first-order valence-electron chi connectivity index (χ1n) is 6.40. The van der Waals surface area contributed by atoms with E-state index in [2.05, 4.69) is 44.3 Å². The first-order valence-corrected chi connectivity index (χ1v) is 6.40. The molecule has 0 N–H and O–H groups in total. The molecule has 1 saturated heterocycles. The Hall–Kier alpha value is -1.49. The molecule has 3 unspecified atom stereocenters. The molecule has 3 rings (SSSR count). The van der Waals surface area contributed by atoms with Crippen LogP contribution in [0.3, 0.4) is 0 Å². The molecular weight excluding hydrogens is 208 g/mol. The molecule has 0 aromatic heterocycles. The number of fused-ring (bicyclic) bond motifs is 4. The first-order chi connectivity index (χ1) is 8.14. The van der Waals surface area contributed by atoms with Crippen LogP contribution in [0.2, 0.25) is 0 Å². The summed E-state index contributed by atoms with van der Waals surface area (Å²) in [4.78, 5) is 2.01. The van der Waals surface area contributed by atoms with Gasteiger partial charge in [-0.25, -0.2) is 0 Å². The van der Waals surface area contributed by atoms with E-state index in [1.807, 2.05) is 4.90 Å². The first kappa shape index (κ1) is 10.7. The van der Waals surface area contributed by atoms with Crippen LogP contribution in [0.5, 0.6) is 0 Å². The quantitative estimate of drug-likeness (QED) is 0.636. The van der Waals surface area contributed by atoms with E-state index in [0.29, 0.717) is 12.1 Å². The highest BCUT2D eigenvalue weighted by Crippen LogP contribution is 2.46. The van der Waals surface area contributed by atoms with Gasteiger partial charge in [0.2, 0.25) is 0 Å². The third kappa shape index (κ3) is 1.45. The van der Waals surface area contributed by atoms with Gasteiger partial charge in [-0.05, 0) is 42.7 Å². The summed E-state index contributed by atoms with van der Waals surface area (Å²) in [5.74, 6) is 0. The summed E-state index contributed by atoms with van der Waals surface area (Å²) in [7, 11) is 0. The van der Waals surface area contributed by atoms with Gasteiger partial charge < -0.3 is 4.90 Å². The highest BCUT2D eigenvalue weighted by molar-refractivity contribution is 5.39. The lowest BCUT2D eigenvalue weighted by Crippen LogP contribution is -2.54. The number of hydrogen-bond donors (Lipinski definition) is 0. The summed E-state index contributed by atoms with van der Waals surface area (Å²) in [6.45, 7) is 4.55. The Labute approximate surface area is 103 Å². The summed E-state index contributed by atoms with van der Waals surface area (Å²) >= 11 is 0. The lowest BCUT2D eigenvalue weighted by atomic mass is 9.63. The Morgan fingerprint density at radius 2 is 2.12 bits per heavy atom. The van der Waals surface area contributed by atoms with Gasteiger partial charge in [-0.2, -0.15) is 5.26 Å². The van der Waals surface area contributed by atoms with Crippen molar-refractivity contribution in [2.75, 3.05) is 0 Å². The monoisotopic (exact) mass is 226 g/mol. The normalized spacial score (nSPS) is 35.0. The van der Waals surface area contributed by atoms with E-state index >= 15 is 0 Å². The van der Waals surface area contributed by atoms with Crippen molar-refractivity contribution in [2.24, 2.45) is 0 Å². The van der Waals surface area contributed by atoms with Crippen molar-refractivity contribution in [1.82, 2.24) is 4.90 Å². The minimum atomic E-state index is 0.270. The molecule has 0 radical (unpaired) electrons. The third-order valence-electron chi connectivity index (χ3n) is 4.54. The van der Waals surface area contributed by atoms with E-state index in [0.717, 1.165) is 19.3 Å². The largest absolute Gasteiger partial charge is 0.304 e. The maximum Gasteiger partial charge on any atom is 0.179 e. The lowest BCUT2D eigenvalue weighted by molar-refractivity contribution is 0.0907. The van der Waals surface area contributed by atoms with Crippen LogP contribution in [0.1, 0.15) is 37.8 Å². The van der Waals surface area contributed by atoms with Crippen LogP contribution in [0, 0.1) is 11.5 Å². The molecule has 2 aliphatic rings. The van der Waals surface area contributed by atoms with Crippen LogP contribution in [0.15, 0.2) is 24.3 Å². The average molecular weight is 226 g/mol. The van der Waals surface area contributed by atoms with Gasteiger partial charge in [0.1, 0.15) is 0 Å². The van der Waals surface area contributed by atoms with Crippen LogP contribution in [-0.2, 0) is 11.8 Å². The number of nitrogens with zero attached hydrogens (tertiary/aromatic N) is 2. The predicted molar refractivity (Wildman–Crippen MR) is 67.4 cm³/mol. The van der Waals surface area contributed by atoms with Crippen molar-refractivity contribution in [3.63, 3.8) is 0 Å². The standard InChI is InChI=1S/C15H18N2/c1-11-8-15(2)9-13(17(11)10-16)7-12-5-3-4-6-14(12)15/h3-6,11,13H,7-9H2,1-2H3. The molecule has 88 valence electrons. The van der Waals surface area contributed by atoms with Crippen LogP contribution < -0.4 is 0 Å². The number of benzene rings is 1. The zero-order valence-corrected chi connectivity index (χ0v) is 10.5. The highest BCUT2D eigenvalue weighted by atomic mass is 15.2. The van der Waals surface area contributed by atoms with Crippen LogP contribution >= 0.6 is 0 Å². The number of rotatable bonds is 0. The third-order valence-corrected chi connectivity index (χ3v) is 4.54. The molecule has 17 heavy (non-hydrogen) atoms. The SMILES string of the molecule is CC1CC2(C)CC(Cc3ccccc32)N1C#N. The molecule has 1 aliphatic heterocycles. The molecule has 1 heterocycles. The van der Waals surface area contributed by atoms with E-state index in [4.69, 9.17) is 0 Å². The van der Waals surface area contributed by atoms with Gasteiger partial charge in [0.25, 0.3) is 0 Å². The molecular formula is C15H18N2. The number of nitriles is 1. The molecule has 0 amide bonds. The number of hydrogen-bond acceptors (Lipinski definition) is 2. The number of likely N-dealkylation sites (tertiary alicyclic amines) is 1. The summed E-state index contributed by atoms with van der Waals surface area (Å²) in [6.07, 6.45) is 5.64. The van der Waals surface area contributed by atoms with E-state index < -0.39 is 0 Å². The Morgan fingerprint density at radius 3 is 2.88 bits per heavy atom. The second kappa shape index (κ2) is 3.50. The van der Waals surface area contributed by atoms with E-state index in [-0.39, 0.29) is 5.41 Å². The Morgan fingerprint density at radius 1 is 1.35 bits per heavy atom. The average Bonchev–Trinajstić information content (AvgIpc) is 2.28. The maximum absolute atomic E-state index is 9.28. The fourth-order valence-corrected chi connectivity index (χ4v) is 3.92. The summed E-state index contributed by atoms with van der Waals surface area (Å²) in [5.41, 5.74) is 3.23. The van der Waals surface area contributed by atoms with Gasteiger partial charge in [-0.1, -0.05) is 31.2 Å². The van der Waals surface area contributed by atoms with Crippen molar-refractivity contribution in [3.8, 4) is 6.19 Å². The van der Waals surface area contributed by atoms with Crippen LogP contribution in [0.25, 0.3) is 0 Å². The van der Waals surface area contributed by atoms with Crippen molar-refractivity contribution < 1.29 is 0 Å². The maximum atomic E-state index is 9.28. The van der Waals surface area contributed by atoms with Crippen molar-refractivity contribution in [1.29, 1.82) is 5.26 Å². The second-order valence-electron chi connectivity index (χ2n) is 5.84. The summed E-state index contributed by atoms with van der Waals surface area (Å²) < 4.78 is 0. The van der Waals surface area contributed by atoms with E-state index in [1.54, 1.807) is 0 Å². The minimum Gasteiger partial charge on any atom is -0.304 e. The van der Waals surface area contributed by atoms with Gasteiger partial charge in [0.15, 0.2) is 6.19 Å². The number of piperidine rings is 1. The predicted octanol–water partition coefficient (Wildman–Crippen LogP) is 2.83. The van der Waals surface area contributed by atoms with Crippen molar-refractivity contribution >= 4 is 0 Å². The van der Waals surface area contributed by atoms with Gasteiger partial charge in [-0.3, -0.25) is 0 Å². The van der Waals surface area contributed by atoms with Crippen molar-refractivity contribution in [2.45, 2.75) is 50.6 Å². The molecule has 1 fully saturated rings. The molecule has 1 aliphatic carbocycles. The molecule has 2 nitrogen and oxygen atoms in total. The van der Waals surface area contributed by atoms with Crippen LogP contribution in [-0.4, -0.2) is 17.0 Å². The zero-order chi connectivity index (χ0) is 12.0. The van der Waals surface area contributed by atoms with Gasteiger partial charge in [0.05, 0.1) is 0 Å². The molecule has 1 aromatic carbocycles. The molecule has 2 bridgehead atoms. The summed E-state index contributed by atoms with van der Waals surface area (Å²) in [6, 6.07) is 9.54. The summed E-state index contributed by atoms with van der Waals surface area (Å²) in [5, 5.41) is 9.28. The smallest absolute Gasteiger partial charge is 0.179 e. The van der Waals surface area contributed by atoms with Gasteiger partial charge >= 0.3 is 0 Å². The highest BCUT2D eigenvalue weighted by Gasteiger charge is 2.45. The molecule has 0 saturated carbocycles. The Bertz CT molecular complexity index is 488. The fourth-order valence-electron chi connectivity index (χ4n) is 3.92. The van der Waals surface area contributed by atoms with Crippen molar-refractivity contribution in [3.05, 3.63) is 35.4 Å². The lowest BCUT2D eigenvalue weighted by Gasteiger charge is -2.51. The minimum absolute atomic E-state index is 0.270. The van der Waals surface area contributed by atoms with Gasteiger partial charge in [-0.15, -0.1) is 0 Å². The second-order valence-corrected chi connectivity index (χ2v) is 5.84. The van der Waals surface area contributed by atoms with Crippen LogP contribution in [0.4, 0.5) is 0 Å². The molecule has 2 heteroatoms. The van der Waals surface area contributed by atoms with Gasteiger partial charge in [0, 0.05) is 12.1 Å². The Kier molecular flexibility index (Phi) is 2.19. The molecule has 1 aromatic rings. The molecule has 3 atom stereocenters. The van der Waals surface area contributed by atoms with E-state index in [9.17, 15) is 5.26 Å². The molecule has 0 spiro atoms. The Balaban J connectivity index is 2.09. The zero-order valence-electron chi connectivity index (χ0n) is 10.5. The fraction of sp³-hybridized carbons (Fsp3) is 0.533. The topological polar surface area (TPSA) is 27.0 Å². The van der Waals surface area contributed by atoms with E-state index in [1.165, 1.54) is 11.1 Å².